The van der Waals surface area contributed by atoms with Crippen LogP contribution < -0.4 is 10.9 Å². The number of nitrogens with zero attached hydrogens (tertiary/aromatic N) is 2. The fourth-order valence-corrected chi connectivity index (χ4v) is 3.86. The summed E-state index contributed by atoms with van der Waals surface area (Å²) in [5.74, 6) is -1.69. The minimum atomic E-state index is -4.59. The van der Waals surface area contributed by atoms with Crippen LogP contribution in [0.25, 0.3) is 22.4 Å². The highest BCUT2D eigenvalue weighted by atomic mass is 19.4. The maximum atomic E-state index is 13.5. The second kappa shape index (κ2) is 11.1. The standard InChI is InChI=1S/C28H22F3N3O4/c1-2-38-27(37)24-23(18-10-5-3-6-11-18)25(19-12-7-4-8-13-19)33-34(26(24)36)17-22(35)32-21-15-9-14-20(16-21)28(29,30)31/h3-16H,2,17H2,1H3,(H,32,35). The average molecular weight is 521 g/mol. The summed E-state index contributed by atoms with van der Waals surface area (Å²) >= 11 is 0. The summed E-state index contributed by atoms with van der Waals surface area (Å²) in [5, 5.41) is 6.77. The molecule has 4 rings (SSSR count). The average Bonchev–Trinajstić information content (AvgIpc) is 2.90. The highest BCUT2D eigenvalue weighted by molar-refractivity contribution is 6.01. The van der Waals surface area contributed by atoms with Gasteiger partial charge < -0.3 is 10.1 Å². The van der Waals surface area contributed by atoms with Crippen LogP contribution in [-0.2, 0) is 22.3 Å². The molecule has 0 fully saturated rings. The van der Waals surface area contributed by atoms with Crippen molar-refractivity contribution in [2.24, 2.45) is 0 Å². The molecule has 194 valence electrons. The van der Waals surface area contributed by atoms with Crippen molar-refractivity contribution in [2.45, 2.75) is 19.6 Å². The number of ether oxygens (including phenoxy) is 1. The molecule has 0 atom stereocenters. The first-order valence-electron chi connectivity index (χ1n) is 11.6. The summed E-state index contributed by atoms with van der Waals surface area (Å²) in [7, 11) is 0. The summed E-state index contributed by atoms with van der Waals surface area (Å²) in [6.45, 7) is 0.947. The molecule has 0 radical (unpaired) electrons. The van der Waals surface area contributed by atoms with Crippen LogP contribution in [-0.4, -0.2) is 28.3 Å². The van der Waals surface area contributed by atoms with Gasteiger partial charge >= 0.3 is 12.1 Å². The fourth-order valence-electron chi connectivity index (χ4n) is 3.86. The van der Waals surface area contributed by atoms with Gasteiger partial charge in [-0.1, -0.05) is 66.7 Å². The Morgan fingerprint density at radius 2 is 1.55 bits per heavy atom. The topological polar surface area (TPSA) is 90.3 Å². The third kappa shape index (κ3) is 5.80. The molecular weight excluding hydrogens is 499 g/mol. The van der Waals surface area contributed by atoms with Gasteiger partial charge in [-0.05, 0) is 30.7 Å². The van der Waals surface area contributed by atoms with E-state index in [9.17, 15) is 27.6 Å². The monoisotopic (exact) mass is 521 g/mol. The molecule has 0 aliphatic rings. The van der Waals surface area contributed by atoms with Crippen molar-refractivity contribution in [1.82, 2.24) is 9.78 Å². The van der Waals surface area contributed by atoms with E-state index in [0.29, 0.717) is 11.1 Å². The van der Waals surface area contributed by atoms with Gasteiger partial charge in [-0.2, -0.15) is 18.3 Å². The van der Waals surface area contributed by atoms with E-state index in [1.165, 1.54) is 6.07 Å². The lowest BCUT2D eigenvalue weighted by Crippen LogP contribution is -2.35. The largest absolute Gasteiger partial charge is 0.462 e. The van der Waals surface area contributed by atoms with Crippen LogP contribution in [0.15, 0.2) is 89.7 Å². The molecule has 3 aromatic carbocycles. The van der Waals surface area contributed by atoms with E-state index in [1.54, 1.807) is 67.6 Å². The van der Waals surface area contributed by atoms with Crippen molar-refractivity contribution in [3.8, 4) is 22.4 Å². The van der Waals surface area contributed by atoms with Gasteiger partial charge in [-0.3, -0.25) is 9.59 Å². The number of carbonyl (C=O) groups is 2. The Morgan fingerprint density at radius 3 is 2.16 bits per heavy atom. The zero-order valence-electron chi connectivity index (χ0n) is 20.2. The SMILES string of the molecule is CCOC(=O)c1c(-c2ccccc2)c(-c2ccccc2)nn(CC(=O)Nc2cccc(C(F)(F)F)c2)c1=O. The Kier molecular flexibility index (Phi) is 7.71. The Bertz CT molecular complexity index is 1520. The van der Waals surface area contributed by atoms with Gasteiger partial charge in [0.2, 0.25) is 5.91 Å². The molecular formula is C28H22F3N3O4. The van der Waals surface area contributed by atoms with Crippen LogP contribution in [0, 0.1) is 0 Å². The van der Waals surface area contributed by atoms with Gasteiger partial charge in [0.25, 0.3) is 5.56 Å². The van der Waals surface area contributed by atoms with Gasteiger partial charge in [0.15, 0.2) is 0 Å². The first kappa shape index (κ1) is 26.3. The molecule has 1 N–H and O–H groups in total. The minimum Gasteiger partial charge on any atom is -0.462 e. The first-order valence-corrected chi connectivity index (χ1v) is 11.6. The van der Waals surface area contributed by atoms with Crippen LogP contribution in [0.3, 0.4) is 0 Å². The van der Waals surface area contributed by atoms with Crippen molar-refractivity contribution in [3.05, 3.63) is 106 Å². The Balaban J connectivity index is 1.83. The van der Waals surface area contributed by atoms with Gasteiger partial charge in [0.05, 0.1) is 17.9 Å². The number of benzene rings is 3. The lowest BCUT2D eigenvalue weighted by molar-refractivity contribution is -0.137. The molecule has 4 aromatic rings. The third-order valence-corrected chi connectivity index (χ3v) is 5.51. The fraction of sp³-hybridized carbons (Fsp3) is 0.143. The van der Waals surface area contributed by atoms with Crippen molar-refractivity contribution >= 4 is 17.6 Å². The molecule has 0 bridgehead atoms. The van der Waals surface area contributed by atoms with E-state index < -0.39 is 35.7 Å². The summed E-state index contributed by atoms with van der Waals surface area (Å²) in [6, 6.07) is 21.6. The number of hydrogen-bond donors (Lipinski definition) is 1. The zero-order valence-corrected chi connectivity index (χ0v) is 20.2. The highest BCUT2D eigenvalue weighted by Crippen LogP contribution is 2.33. The van der Waals surface area contributed by atoms with E-state index >= 15 is 0 Å². The molecule has 1 heterocycles. The summed E-state index contributed by atoms with van der Waals surface area (Å²) in [4.78, 5) is 39.3. The van der Waals surface area contributed by atoms with E-state index in [4.69, 9.17) is 4.74 Å². The van der Waals surface area contributed by atoms with Crippen molar-refractivity contribution in [1.29, 1.82) is 0 Å². The van der Waals surface area contributed by atoms with E-state index in [2.05, 4.69) is 10.4 Å². The lowest BCUT2D eigenvalue weighted by Gasteiger charge is -2.17. The third-order valence-electron chi connectivity index (χ3n) is 5.51. The maximum absolute atomic E-state index is 13.5. The normalized spacial score (nSPS) is 11.2. The van der Waals surface area contributed by atoms with Gasteiger partial charge in [0, 0.05) is 16.8 Å². The molecule has 0 aliphatic carbocycles. The molecule has 0 saturated heterocycles. The molecule has 1 amide bonds. The number of alkyl halides is 3. The molecule has 7 nitrogen and oxygen atoms in total. The number of aromatic nitrogens is 2. The molecule has 1 aromatic heterocycles. The number of esters is 1. The van der Waals surface area contributed by atoms with Crippen molar-refractivity contribution in [3.63, 3.8) is 0 Å². The molecule has 0 aliphatic heterocycles. The summed E-state index contributed by atoms with van der Waals surface area (Å²) < 4.78 is 45.2. The highest BCUT2D eigenvalue weighted by Gasteiger charge is 2.31. The van der Waals surface area contributed by atoms with Crippen LogP contribution >= 0.6 is 0 Å². The van der Waals surface area contributed by atoms with Crippen LogP contribution in [0.2, 0.25) is 0 Å². The van der Waals surface area contributed by atoms with Crippen molar-refractivity contribution < 1.29 is 27.5 Å². The predicted octanol–water partition coefficient (Wildman–Crippen LogP) is 5.41. The number of halogens is 3. The van der Waals surface area contributed by atoms with E-state index in [0.717, 1.165) is 22.9 Å². The van der Waals surface area contributed by atoms with E-state index in [-0.39, 0.29) is 29.1 Å². The smallest absolute Gasteiger partial charge is 0.416 e. The number of rotatable bonds is 7. The van der Waals surface area contributed by atoms with E-state index in [1.807, 2.05) is 0 Å². The molecule has 10 heteroatoms. The zero-order chi connectivity index (χ0) is 27.3. The van der Waals surface area contributed by atoms with Gasteiger partial charge in [0.1, 0.15) is 12.1 Å². The second-order valence-electron chi connectivity index (χ2n) is 8.14. The number of anilines is 1. The maximum Gasteiger partial charge on any atom is 0.416 e. The molecule has 0 spiro atoms. The number of hydrogen-bond acceptors (Lipinski definition) is 5. The summed E-state index contributed by atoms with van der Waals surface area (Å²) in [6.07, 6.45) is -4.59. The van der Waals surface area contributed by atoms with Crippen LogP contribution in [0.4, 0.5) is 18.9 Å². The van der Waals surface area contributed by atoms with Crippen LogP contribution in [0.1, 0.15) is 22.8 Å². The second-order valence-corrected chi connectivity index (χ2v) is 8.14. The number of carbonyl (C=O) groups excluding carboxylic acids is 2. The van der Waals surface area contributed by atoms with Gasteiger partial charge in [-0.15, -0.1) is 0 Å². The quantitative estimate of drug-likeness (QED) is 0.329. The lowest BCUT2D eigenvalue weighted by atomic mass is 9.95. The number of amides is 1. The van der Waals surface area contributed by atoms with Crippen molar-refractivity contribution in [2.75, 3.05) is 11.9 Å². The molecule has 0 unspecified atom stereocenters. The van der Waals surface area contributed by atoms with Crippen LogP contribution in [0.5, 0.6) is 0 Å². The first-order chi connectivity index (χ1) is 18.2. The summed E-state index contributed by atoms with van der Waals surface area (Å²) in [5.41, 5.74) is -0.606. The predicted molar refractivity (Wildman–Crippen MR) is 135 cm³/mol. The Morgan fingerprint density at radius 1 is 0.921 bits per heavy atom. The molecule has 38 heavy (non-hydrogen) atoms. The number of nitrogens with one attached hydrogen (secondary N) is 1. The Hall–Kier alpha value is -4.73. The minimum absolute atomic E-state index is 0.00548. The molecule has 0 saturated carbocycles. The Labute approximate surface area is 215 Å². The van der Waals surface area contributed by atoms with Gasteiger partial charge in [-0.25, -0.2) is 9.48 Å².